The second kappa shape index (κ2) is 10.6. The average Bonchev–Trinajstić information content (AvgIpc) is 2.71. The van der Waals surface area contributed by atoms with Crippen molar-refractivity contribution in [2.24, 2.45) is 0 Å². The maximum atomic E-state index is 12.1. The van der Waals surface area contributed by atoms with Crippen molar-refractivity contribution in [3.05, 3.63) is 65.2 Å². The van der Waals surface area contributed by atoms with Crippen molar-refractivity contribution in [1.29, 1.82) is 0 Å². The lowest BCUT2D eigenvalue weighted by atomic mass is 10.1. The molecule has 0 saturated heterocycles. The lowest BCUT2D eigenvalue weighted by Crippen LogP contribution is -2.23. The van der Waals surface area contributed by atoms with E-state index < -0.39 is 22.8 Å². The molecule has 0 atom stereocenters. The van der Waals surface area contributed by atoms with Crippen LogP contribution in [-0.4, -0.2) is 34.2 Å². The van der Waals surface area contributed by atoms with Crippen LogP contribution in [0, 0.1) is 0 Å². The summed E-state index contributed by atoms with van der Waals surface area (Å²) in [6.07, 6.45) is -3.65. The molecular formula is C20H23F3N2O4S. The zero-order chi connectivity index (χ0) is 22.2. The molecule has 2 rings (SSSR count). The summed E-state index contributed by atoms with van der Waals surface area (Å²) in [4.78, 5) is 12.2. The molecule has 0 fully saturated rings. The zero-order valence-corrected chi connectivity index (χ0v) is 17.1. The van der Waals surface area contributed by atoms with Crippen molar-refractivity contribution < 1.29 is 31.1 Å². The first-order valence-corrected chi connectivity index (χ1v) is 10.6. The summed E-state index contributed by atoms with van der Waals surface area (Å²) in [5.74, 6) is -0.167. The number of nitrogens with one attached hydrogen (secondary N) is 2. The molecule has 0 aliphatic rings. The van der Waals surface area contributed by atoms with Gasteiger partial charge in [0.1, 0.15) is 6.61 Å². The predicted molar refractivity (Wildman–Crippen MR) is 105 cm³/mol. The van der Waals surface area contributed by atoms with Gasteiger partial charge in [0.05, 0.1) is 11.5 Å². The highest BCUT2D eigenvalue weighted by Crippen LogP contribution is 2.16. The van der Waals surface area contributed by atoms with Gasteiger partial charge in [0, 0.05) is 13.0 Å². The van der Waals surface area contributed by atoms with E-state index in [0.717, 1.165) is 11.1 Å². The minimum absolute atomic E-state index is 0.138. The van der Waals surface area contributed by atoms with Gasteiger partial charge in [-0.15, -0.1) is 0 Å². The van der Waals surface area contributed by atoms with Crippen molar-refractivity contribution in [2.75, 3.05) is 13.7 Å². The summed E-state index contributed by atoms with van der Waals surface area (Å²) in [7, 11) is -2.15. The number of hydrogen-bond acceptors (Lipinski definition) is 4. The highest BCUT2D eigenvalue weighted by Gasteiger charge is 2.27. The minimum atomic E-state index is -4.35. The summed E-state index contributed by atoms with van der Waals surface area (Å²) in [6.45, 7) is -1.14. The Morgan fingerprint density at radius 1 is 0.967 bits per heavy atom. The molecule has 0 saturated carbocycles. The molecule has 0 aromatic heterocycles. The molecule has 0 radical (unpaired) electrons. The van der Waals surface area contributed by atoms with Gasteiger partial charge in [0.15, 0.2) is 0 Å². The van der Waals surface area contributed by atoms with Gasteiger partial charge in [0.2, 0.25) is 15.9 Å². The summed E-state index contributed by atoms with van der Waals surface area (Å²) < 4.78 is 66.4. The van der Waals surface area contributed by atoms with Crippen molar-refractivity contribution in [3.8, 4) is 0 Å². The molecule has 0 bridgehead atoms. The molecule has 0 aliphatic heterocycles. The van der Waals surface area contributed by atoms with Gasteiger partial charge < -0.3 is 10.1 Å². The molecule has 2 N–H and O–H groups in total. The summed E-state index contributed by atoms with van der Waals surface area (Å²) in [5, 5.41) is 2.77. The molecule has 2 aromatic rings. The first-order chi connectivity index (χ1) is 14.1. The van der Waals surface area contributed by atoms with Gasteiger partial charge in [-0.05, 0) is 42.3 Å². The predicted octanol–water partition coefficient (Wildman–Crippen LogP) is 2.92. The van der Waals surface area contributed by atoms with E-state index >= 15 is 0 Å². The lowest BCUT2D eigenvalue weighted by molar-refractivity contribution is -0.176. The largest absolute Gasteiger partial charge is 0.411 e. The summed E-state index contributed by atoms with van der Waals surface area (Å²) >= 11 is 0. The molecule has 0 heterocycles. The van der Waals surface area contributed by atoms with Gasteiger partial charge in [-0.3, -0.25) is 4.79 Å². The number of sulfonamides is 1. The van der Waals surface area contributed by atoms with Gasteiger partial charge in [-0.2, -0.15) is 13.2 Å². The maximum absolute atomic E-state index is 12.1. The monoisotopic (exact) mass is 444 g/mol. The van der Waals surface area contributed by atoms with Crippen molar-refractivity contribution in [1.82, 2.24) is 10.0 Å². The topological polar surface area (TPSA) is 84.5 Å². The number of halogens is 3. The number of hydrogen-bond donors (Lipinski definition) is 2. The van der Waals surface area contributed by atoms with E-state index in [0.29, 0.717) is 18.5 Å². The molecule has 0 unspecified atom stereocenters. The summed E-state index contributed by atoms with van der Waals surface area (Å²) in [6, 6.07) is 13.0. The number of aryl methyl sites for hydroxylation is 1. The molecule has 2 aromatic carbocycles. The molecule has 10 heteroatoms. The fourth-order valence-electron chi connectivity index (χ4n) is 2.54. The van der Waals surface area contributed by atoms with E-state index in [-0.39, 0.29) is 23.8 Å². The third-order valence-electron chi connectivity index (χ3n) is 4.19. The van der Waals surface area contributed by atoms with Crippen LogP contribution in [0.3, 0.4) is 0 Å². The van der Waals surface area contributed by atoms with Crippen LogP contribution in [-0.2, 0) is 39.1 Å². The van der Waals surface area contributed by atoms with Crippen LogP contribution in [0.15, 0.2) is 53.4 Å². The molecule has 0 spiro atoms. The Hall–Kier alpha value is -2.43. The number of carbonyl (C=O) groups is 1. The molecular weight excluding hydrogens is 421 g/mol. The van der Waals surface area contributed by atoms with Crippen molar-refractivity contribution in [2.45, 2.75) is 37.1 Å². The number of alkyl halides is 3. The first kappa shape index (κ1) is 23.8. The minimum Gasteiger partial charge on any atom is -0.367 e. The third-order valence-corrected chi connectivity index (χ3v) is 5.62. The van der Waals surface area contributed by atoms with Crippen LogP contribution in [0.2, 0.25) is 0 Å². The zero-order valence-electron chi connectivity index (χ0n) is 16.3. The molecule has 0 aliphatic carbocycles. The Bertz CT molecular complexity index is 928. The second-order valence-corrected chi connectivity index (χ2v) is 8.44. The Labute approximate surface area is 173 Å². The number of ether oxygens (including phenoxy) is 1. The fourth-order valence-corrected chi connectivity index (χ4v) is 3.27. The van der Waals surface area contributed by atoms with Gasteiger partial charge in [0.25, 0.3) is 0 Å². The highest BCUT2D eigenvalue weighted by atomic mass is 32.2. The van der Waals surface area contributed by atoms with Crippen LogP contribution >= 0.6 is 0 Å². The average molecular weight is 444 g/mol. The third kappa shape index (κ3) is 8.13. The Kier molecular flexibility index (Phi) is 8.39. The lowest BCUT2D eigenvalue weighted by Gasteiger charge is -2.09. The van der Waals surface area contributed by atoms with Crippen molar-refractivity contribution in [3.63, 3.8) is 0 Å². The number of rotatable bonds is 10. The Morgan fingerprint density at radius 2 is 1.53 bits per heavy atom. The van der Waals surface area contributed by atoms with E-state index in [1.165, 1.54) is 19.2 Å². The van der Waals surface area contributed by atoms with E-state index in [4.69, 9.17) is 0 Å². The van der Waals surface area contributed by atoms with Crippen LogP contribution in [0.25, 0.3) is 0 Å². The van der Waals surface area contributed by atoms with Gasteiger partial charge in [-0.1, -0.05) is 36.4 Å². The van der Waals surface area contributed by atoms with E-state index in [1.807, 2.05) is 0 Å². The second-order valence-electron chi connectivity index (χ2n) is 6.55. The summed E-state index contributed by atoms with van der Waals surface area (Å²) in [5.41, 5.74) is 2.26. The van der Waals surface area contributed by atoms with E-state index in [9.17, 15) is 26.4 Å². The highest BCUT2D eigenvalue weighted by molar-refractivity contribution is 7.89. The molecule has 164 valence electrons. The smallest absolute Gasteiger partial charge is 0.367 e. The van der Waals surface area contributed by atoms with Gasteiger partial charge in [-0.25, -0.2) is 13.1 Å². The van der Waals surface area contributed by atoms with Crippen LogP contribution in [0.1, 0.15) is 23.1 Å². The Morgan fingerprint density at radius 3 is 2.10 bits per heavy atom. The Balaban J connectivity index is 1.74. The maximum Gasteiger partial charge on any atom is 0.411 e. The van der Waals surface area contributed by atoms with E-state index in [2.05, 4.69) is 14.8 Å². The van der Waals surface area contributed by atoms with Crippen LogP contribution in [0.4, 0.5) is 13.2 Å². The normalized spacial score (nSPS) is 12.0. The number of carbonyl (C=O) groups excluding carboxylic acids is 1. The molecule has 1 amide bonds. The fraction of sp³-hybridized carbons (Fsp3) is 0.350. The SMILES string of the molecule is CNS(=O)(=O)c1ccc(CCC(=O)NCc2ccc(COCC(F)(F)F)cc2)cc1. The van der Waals surface area contributed by atoms with Gasteiger partial charge >= 0.3 is 6.18 Å². The molecule has 6 nitrogen and oxygen atoms in total. The quantitative estimate of drug-likeness (QED) is 0.590. The van der Waals surface area contributed by atoms with E-state index in [1.54, 1.807) is 36.4 Å². The van der Waals surface area contributed by atoms with Crippen molar-refractivity contribution >= 4 is 15.9 Å². The number of benzene rings is 2. The van der Waals surface area contributed by atoms with Crippen LogP contribution in [0.5, 0.6) is 0 Å². The standard InChI is InChI=1S/C20H23F3N2O4S/c1-24-30(27,28)18-9-6-15(7-10-18)8-11-19(26)25-12-16-2-4-17(5-3-16)13-29-14-20(21,22)23/h2-7,9-10,24H,8,11-14H2,1H3,(H,25,26). The molecule has 30 heavy (non-hydrogen) atoms. The first-order valence-electron chi connectivity index (χ1n) is 9.10. The number of amides is 1. The van der Waals surface area contributed by atoms with Crippen LogP contribution < -0.4 is 10.0 Å².